The molecule has 1 heterocycles. The molecule has 0 bridgehead atoms. The van der Waals surface area contributed by atoms with Gasteiger partial charge >= 0.3 is 0 Å². The van der Waals surface area contributed by atoms with Crippen LogP contribution in [0.1, 0.15) is 24.8 Å². The van der Waals surface area contributed by atoms with Gasteiger partial charge in [0, 0.05) is 25.3 Å². The molecule has 0 spiro atoms. The SMILES string of the molecule is COCC1CCCCN1Cc1cc(F)ccc1F. The Balaban J connectivity index is 2.08. The summed E-state index contributed by atoms with van der Waals surface area (Å²) >= 11 is 0. The molecule has 1 aromatic rings. The third kappa shape index (κ3) is 3.27. The summed E-state index contributed by atoms with van der Waals surface area (Å²) < 4.78 is 31.9. The van der Waals surface area contributed by atoms with Crippen LogP contribution in [-0.4, -0.2) is 31.2 Å². The van der Waals surface area contributed by atoms with E-state index in [1.807, 2.05) is 0 Å². The zero-order valence-corrected chi connectivity index (χ0v) is 10.7. The summed E-state index contributed by atoms with van der Waals surface area (Å²) in [5, 5.41) is 0. The van der Waals surface area contributed by atoms with Crippen LogP contribution in [0.2, 0.25) is 0 Å². The van der Waals surface area contributed by atoms with Crippen LogP contribution >= 0.6 is 0 Å². The van der Waals surface area contributed by atoms with Crippen LogP contribution in [0, 0.1) is 11.6 Å². The summed E-state index contributed by atoms with van der Waals surface area (Å²) in [5.41, 5.74) is 0.429. The van der Waals surface area contributed by atoms with Crippen molar-refractivity contribution >= 4 is 0 Å². The van der Waals surface area contributed by atoms with Crippen molar-refractivity contribution in [3.63, 3.8) is 0 Å². The predicted octanol–water partition coefficient (Wildman–Crippen LogP) is 2.97. The Morgan fingerprint density at radius 1 is 1.33 bits per heavy atom. The van der Waals surface area contributed by atoms with E-state index in [-0.39, 0.29) is 11.6 Å². The summed E-state index contributed by atoms with van der Waals surface area (Å²) in [6, 6.07) is 3.95. The van der Waals surface area contributed by atoms with Crippen LogP contribution in [0.25, 0.3) is 0 Å². The molecule has 1 atom stereocenters. The highest BCUT2D eigenvalue weighted by atomic mass is 19.1. The first-order valence-corrected chi connectivity index (χ1v) is 6.37. The molecule has 0 radical (unpaired) electrons. The quantitative estimate of drug-likeness (QED) is 0.820. The van der Waals surface area contributed by atoms with E-state index in [0.29, 0.717) is 24.8 Å². The van der Waals surface area contributed by atoms with Crippen molar-refractivity contribution in [2.75, 3.05) is 20.3 Å². The fourth-order valence-electron chi connectivity index (χ4n) is 2.53. The molecule has 0 saturated carbocycles. The van der Waals surface area contributed by atoms with Gasteiger partial charge < -0.3 is 4.74 Å². The molecule has 2 rings (SSSR count). The molecular formula is C14H19F2NO. The average Bonchev–Trinajstić information content (AvgIpc) is 2.36. The minimum Gasteiger partial charge on any atom is -0.383 e. The van der Waals surface area contributed by atoms with Gasteiger partial charge in [-0.15, -0.1) is 0 Å². The Morgan fingerprint density at radius 2 is 2.17 bits per heavy atom. The van der Waals surface area contributed by atoms with Crippen molar-refractivity contribution in [1.82, 2.24) is 4.90 Å². The van der Waals surface area contributed by atoms with Crippen LogP contribution in [0.15, 0.2) is 18.2 Å². The van der Waals surface area contributed by atoms with Crippen molar-refractivity contribution < 1.29 is 13.5 Å². The molecule has 0 aliphatic carbocycles. The minimum absolute atomic E-state index is 0.311. The van der Waals surface area contributed by atoms with Crippen LogP contribution < -0.4 is 0 Å². The summed E-state index contributed by atoms with van der Waals surface area (Å²) in [6.07, 6.45) is 3.35. The molecule has 2 nitrogen and oxygen atoms in total. The van der Waals surface area contributed by atoms with E-state index >= 15 is 0 Å². The molecule has 1 fully saturated rings. The number of piperidine rings is 1. The molecule has 0 N–H and O–H groups in total. The molecule has 4 heteroatoms. The molecule has 100 valence electrons. The lowest BCUT2D eigenvalue weighted by Gasteiger charge is -2.35. The van der Waals surface area contributed by atoms with Gasteiger partial charge in [0.1, 0.15) is 11.6 Å². The van der Waals surface area contributed by atoms with E-state index in [1.54, 1.807) is 7.11 Å². The second kappa shape index (κ2) is 6.25. The number of likely N-dealkylation sites (tertiary alicyclic amines) is 1. The Hall–Kier alpha value is -1.00. The van der Waals surface area contributed by atoms with Crippen LogP contribution in [0.3, 0.4) is 0 Å². The molecule has 0 amide bonds. The highest BCUT2D eigenvalue weighted by molar-refractivity contribution is 5.18. The zero-order chi connectivity index (χ0) is 13.0. The third-order valence-electron chi connectivity index (χ3n) is 3.49. The van der Waals surface area contributed by atoms with E-state index < -0.39 is 0 Å². The molecule has 1 aliphatic heterocycles. The van der Waals surface area contributed by atoms with Crippen molar-refractivity contribution in [3.05, 3.63) is 35.4 Å². The number of methoxy groups -OCH3 is 1. The largest absolute Gasteiger partial charge is 0.383 e. The number of halogens is 2. The third-order valence-corrected chi connectivity index (χ3v) is 3.49. The van der Waals surface area contributed by atoms with Crippen LogP contribution in [0.5, 0.6) is 0 Å². The summed E-state index contributed by atoms with van der Waals surface area (Å²) in [7, 11) is 1.68. The molecule has 1 aliphatic rings. The van der Waals surface area contributed by atoms with Crippen molar-refractivity contribution in [3.8, 4) is 0 Å². The van der Waals surface area contributed by atoms with Gasteiger partial charge in [0.05, 0.1) is 6.61 Å². The maximum Gasteiger partial charge on any atom is 0.127 e. The second-order valence-corrected chi connectivity index (χ2v) is 4.81. The smallest absolute Gasteiger partial charge is 0.127 e. The fourth-order valence-corrected chi connectivity index (χ4v) is 2.53. The lowest BCUT2D eigenvalue weighted by atomic mass is 10.0. The van der Waals surface area contributed by atoms with E-state index in [2.05, 4.69) is 4.90 Å². The Kier molecular flexibility index (Phi) is 4.66. The van der Waals surface area contributed by atoms with E-state index in [0.717, 1.165) is 25.5 Å². The Labute approximate surface area is 107 Å². The second-order valence-electron chi connectivity index (χ2n) is 4.81. The molecule has 18 heavy (non-hydrogen) atoms. The Bertz CT molecular complexity index is 395. The Morgan fingerprint density at radius 3 is 2.94 bits per heavy atom. The van der Waals surface area contributed by atoms with Gasteiger partial charge in [-0.1, -0.05) is 6.42 Å². The number of nitrogens with zero attached hydrogens (tertiary/aromatic N) is 1. The van der Waals surface area contributed by atoms with E-state index in [4.69, 9.17) is 4.74 Å². The number of hydrogen-bond donors (Lipinski definition) is 0. The number of ether oxygens (including phenoxy) is 1. The van der Waals surface area contributed by atoms with Gasteiger partial charge in [-0.25, -0.2) is 8.78 Å². The first-order valence-electron chi connectivity index (χ1n) is 6.37. The van der Waals surface area contributed by atoms with Gasteiger partial charge in [-0.05, 0) is 37.6 Å². The molecule has 0 aromatic heterocycles. The summed E-state index contributed by atoms with van der Waals surface area (Å²) in [5.74, 6) is -0.718. The van der Waals surface area contributed by atoms with E-state index in [1.165, 1.54) is 18.6 Å². The first kappa shape index (κ1) is 13.4. The van der Waals surface area contributed by atoms with Crippen molar-refractivity contribution in [1.29, 1.82) is 0 Å². The lowest BCUT2D eigenvalue weighted by molar-refractivity contribution is 0.0593. The predicted molar refractivity (Wildman–Crippen MR) is 66.3 cm³/mol. The molecule has 1 aromatic carbocycles. The van der Waals surface area contributed by atoms with Crippen LogP contribution in [0.4, 0.5) is 8.78 Å². The van der Waals surface area contributed by atoms with Gasteiger partial charge in [-0.2, -0.15) is 0 Å². The minimum atomic E-state index is -0.383. The standard InChI is InChI=1S/C14H19F2NO/c1-18-10-13-4-2-3-7-17(13)9-11-8-12(15)5-6-14(11)16/h5-6,8,13H,2-4,7,9-10H2,1H3. The maximum absolute atomic E-state index is 13.6. The monoisotopic (exact) mass is 255 g/mol. The van der Waals surface area contributed by atoms with Crippen molar-refractivity contribution in [2.24, 2.45) is 0 Å². The first-order chi connectivity index (χ1) is 8.70. The number of rotatable bonds is 4. The maximum atomic E-state index is 13.6. The van der Waals surface area contributed by atoms with Gasteiger partial charge in [0.15, 0.2) is 0 Å². The highest BCUT2D eigenvalue weighted by Crippen LogP contribution is 2.21. The summed E-state index contributed by atoms with van der Waals surface area (Å²) in [6.45, 7) is 2.03. The van der Waals surface area contributed by atoms with E-state index in [9.17, 15) is 8.78 Å². The summed E-state index contributed by atoms with van der Waals surface area (Å²) in [4.78, 5) is 2.19. The number of benzene rings is 1. The van der Waals surface area contributed by atoms with Crippen molar-refractivity contribution in [2.45, 2.75) is 31.8 Å². The van der Waals surface area contributed by atoms with Crippen LogP contribution in [-0.2, 0) is 11.3 Å². The topological polar surface area (TPSA) is 12.5 Å². The average molecular weight is 255 g/mol. The normalized spacial score (nSPS) is 21.2. The zero-order valence-electron chi connectivity index (χ0n) is 10.7. The van der Waals surface area contributed by atoms with Gasteiger partial charge in [0.2, 0.25) is 0 Å². The highest BCUT2D eigenvalue weighted by Gasteiger charge is 2.23. The molecule has 1 unspecified atom stereocenters. The van der Waals surface area contributed by atoms with Gasteiger partial charge in [-0.3, -0.25) is 4.90 Å². The lowest BCUT2D eigenvalue weighted by Crippen LogP contribution is -2.41. The fraction of sp³-hybridized carbons (Fsp3) is 0.571. The molecular weight excluding hydrogens is 236 g/mol. The van der Waals surface area contributed by atoms with Gasteiger partial charge in [0.25, 0.3) is 0 Å². The molecule has 1 saturated heterocycles. The number of hydrogen-bond acceptors (Lipinski definition) is 2.